The van der Waals surface area contributed by atoms with Crippen molar-refractivity contribution in [2.45, 2.75) is 32.7 Å². The van der Waals surface area contributed by atoms with Crippen molar-refractivity contribution in [1.82, 2.24) is 4.98 Å². The van der Waals surface area contributed by atoms with Crippen LogP contribution in [0.1, 0.15) is 25.8 Å². The normalized spacial score (nSPS) is 25.8. The van der Waals surface area contributed by atoms with Gasteiger partial charge in [-0.15, -0.1) is 0 Å². The smallest absolute Gasteiger partial charge is 0.0270 e. The molecule has 1 fully saturated rings. The van der Waals surface area contributed by atoms with Gasteiger partial charge in [-0.2, -0.15) is 0 Å². The lowest BCUT2D eigenvalue weighted by molar-refractivity contribution is 0.476. The lowest BCUT2D eigenvalue weighted by atomic mass is 9.99. The molecular weight excluding hydrogens is 172 g/mol. The summed E-state index contributed by atoms with van der Waals surface area (Å²) < 4.78 is 0. The fraction of sp³-hybridized carbons (Fsp3) is 0.583. The van der Waals surface area contributed by atoms with Gasteiger partial charge < -0.3 is 5.73 Å². The van der Waals surface area contributed by atoms with Gasteiger partial charge in [0, 0.05) is 18.4 Å². The first kappa shape index (κ1) is 9.66. The van der Waals surface area contributed by atoms with Crippen LogP contribution in [0.5, 0.6) is 0 Å². The number of hydrogen-bond donors (Lipinski definition) is 1. The minimum absolute atomic E-state index is 0.312. The van der Waals surface area contributed by atoms with Crippen molar-refractivity contribution in [3.8, 4) is 0 Å². The van der Waals surface area contributed by atoms with Crippen LogP contribution in [-0.2, 0) is 6.42 Å². The van der Waals surface area contributed by atoms with E-state index < -0.39 is 0 Å². The maximum atomic E-state index is 6.17. The van der Waals surface area contributed by atoms with Gasteiger partial charge >= 0.3 is 0 Å². The van der Waals surface area contributed by atoms with Crippen molar-refractivity contribution >= 4 is 0 Å². The minimum Gasteiger partial charge on any atom is -0.327 e. The fourth-order valence-corrected chi connectivity index (χ4v) is 2.17. The molecule has 14 heavy (non-hydrogen) atoms. The quantitative estimate of drug-likeness (QED) is 0.791. The highest BCUT2D eigenvalue weighted by molar-refractivity contribution is 5.14. The third kappa shape index (κ3) is 1.95. The van der Waals surface area contributed by atoms with Crippen molar-refractivity contribution in [2.75, 3.05) is 0 Å². The van der Waals surface area contributed by atoms with Gasteiger partial charge in [-0.1, -0.05) is 13.8 Å². The Morgan fingerprint density at radius 2 is 2.07 bits per heavy atom. The molecule has 0 spiro atoms. The van der Waals surface area contributed by atoms with Gasteiger partial charge in [-0.05, 0) is 41.9 Å². The van der Waals surface area contributed by atoms with Crippen LogP contribution in [0.2, 0.25) is 0 Å². The summed E-state index contributed by atoms with van der Waals surface area (Å²) in [6.07, 6.45) is 5.93. The predicted molar refractivity (Wildman–Crippen MR) is 57.8 cm³/mol. The highest BCUT2D eigenvalue weighted by Crippen LogP contribution is 2.53. The number of nitrogens with two attached hydrogens (primary N) is 1. The van der Waals surface area contributed by atoms with Gasteiger partial charge in [0.1, 0.15) is 0 Å². The first-order valence-corrected chi connectivity index (χ1v) is 5.24. The highest BCUT2D eigenvalue weighted by Gasteiger charge is 2.48. The van der Waals surface area contributed by atoms with E-state index >= 15 is 0 Å². The van der Waals surface area contributed by atoms with Gasteiger partial charge in [0.15, 0.2) is 0 Å². The second kappa shape index (κ2) is 3.35. The first-order chi connectivity index (χ1) is 6.59. The Labute approximate surface area is 85.5 Å². The average molecular weight is 190 g/mol. The lowest BCUT2D eigenvalue weighted by Crippen LogP contribution is -2.27. The molecule has 2 nitrogen and oxygen atoms in total. The van der Waals surface area contributed by atoms with Crippen molar-refractivity contribution < 1.29 is 0 Å². The van der Waals surface area contributed by atoms with Crippen molar-refractivity contribution in [3.05, 3.63) is 30.1 Å². The summed E-state index contributed by atoms with van der Waals surface area (Å²) in [5.41, 5.74) is 7.95. The summed E-state index contributed by atoms with van der Waals surface area (Å²) in [5, 5.41) is 0. The third-order valence-corrected chi connectivity index (χ3v) is 3.33. The molecule has 0 radical (unpaired) electrons. The molecule has 1 aromatic heterocycles. The maximum absolute atomic E-state index is 6.17. The zero-order valence-electron chi connectivity index (χ0n) is 8.90. The molecule has 2 heteroatoms. The standard InChI is InChI=1S/C12H18N2/c1-12(2)8-10(12)11(13)7-9-3-5-14-6-4-9/h3-6,10-11H,7-8,13H2,1-2H3. The third-order valence-electron chi connectivity index (χ3n) is 3.33. The van der Waals surface area contributed by atoms with Crippen LogP contribution in [0.15, 0.2) is 24.5 Å². The van der Waals surface area contributed by atoms with Crippen LogP contribution < -0.4 is 5.73 Å². The van der Waals surface area contributed by atoms with E-state index in [0.29, 0.717) is 17.4 Å². The molecule has 1 heterocycles. The summed E-state index contributed by atoms with van der Waals surface area (Å²) in [5.74, 6) is 0.704. The second-order valence-corrected chi connectivity index (χ2v) is 5.02. The van der Waals surface area contributed by atoms with Crippen LogP contribution in [-0.4, -0.2) is 11.0 Å². The first-order valence-electron chi connectivity index (χ1n) is 5.24. The molecule has 76 valence electrons. The zero-order chi connectivity index (χ0) is 10.2. The number of nitrogens with zero attached hydrogens (tertiary/aromatic N) is 1. The minimum atomic E-state index is 0.312. The van der Waals surface area contributed by atoms with Gasteiger partial charge in [-0.3, -0.25) is 4.98 Å². The Morgan fingerprint density at radius 3 is 2.57 bits per heavy atom. The number of aromatic nitrogens is 1. The summed E-state index contributed by atoms with van der Waals surface area (Å²) >= 11 is 0. The van der Waals surface area contributed by atoms with E-state index in [-0.39, 0.29) is 0 Å². The molecule has 2 unspecified atom stereocenters. The van der Waals surface area contributed by atoms with E-state index in [1.807, 2.05) is 12.4 Å². The van der Waals surface area contributed by atoms with Gasteiger partial charge in [-0.25, -0.2) is 0 Å². The van der Waals surface area contributed by atoms with E-state index in [1.165, 1.54) is 12.0 Å². The van der Waals surface area contributed by atoms with E-state index in [9.17, 15) is 0 Å². The molecular formula is C12H18N2. The topological polar surface area (TPSA) is 38.9 Å². The molecule has 1 aliphatic carbocycles. The van der Waals surface area contributed by atoms with Gasteiger partial charge in [0.05, 0.1) is 0 Å². The zero-order valence-corrected chi connectivity index (χ0v) is 8.90. The average Bonchev–Trinajstić information content (AvgIpc) is 2.77. The van der Waals surface area contributed by atoms with Crippen LogP contribution >= 0.6 is 0 Å². The maximum Gasteiger partial charge on any atom is 0.0270 e. The molecule has 2 rings (SSSR count). The largest absolute Gasteiger partial charge is 0.327 e. The van der Waals surface area contributed by atoms with E-state index in [2.05, 4.69) is 31.0 Å². The summed E-state index contributed by atoms with van der Waals surface area (Å²) in [7, 11) is 0. The Balaban J connectivity index is 1.93. The lowest BCUT2D eigenvalue weighted by Gasteiger charge is -2.13. The van der Waals surface area contributed by atoms with Crippen molar-refractivity contribution in [1.29, 1.82) is 0 Å². The Morgan fingerprint density at radius 1 is 1.50 bits per heavy atom. The van der Waals surface area contributed by atoms with E-state index in [0.717, 1.165) is 6.42 Å². The monoisotopic (exact) mass is 190 g/mol. The summed E-state index contributed by atoms with van der Waals surface area (Å²) in [6.45, 7) is 4.59. The fourth-order valence-electron chi connectivity index (χ4n) is 2.17. The van der Waals surface area contributed by atoms with Gasteiger partial charge in [0.2, 0.25) is 0 Å². The van der Waals surface area contributed by atoms with Crippen molar-refractivity contribution in [3.63, 3.8) is 0 Å². The van der Waals surface area contributed by atoms with Crippen LogP contribution in [0, 0.1) is 11.3 Å². The molecule has 0 amide bonds. The molecule has 0 aliphatic heterocycles. The molecule has 1 aliphatic rings. The number of hydrogen-bond acceptors (Lipinski definition) is 2. The van der Waals surface area contributed by atoms with E-state index in [1.54, 1.807) is 0 Å². The molecule has 1 saturated carbocycles. The summed E-state index contributed by atoms with van der Waals surface area (Å²) in [6, 6.07) is 4.41. The molecule has 2 atom stereocenters. The Hall–Kier alpha value is -0.890. The van der Waals surface area contributed by atoms with Crippen molar-refractivity contribution in [2.24, 2.45) is 17.1 Å². The van der Waals surface area contributed by atoms with Crippen LogP contribution in [0.4, 0.5) is 0 Å². The Kier molecular flexibility index (Phi) is 2.31. The highest BCUT2D eigenvalue weighted by atomic mass is 14.7. The van der Waals surface area contributed by atoms with Crippen LogP contribution in [0.25, 0.3) is 0 Å². The number of rotatable bonds is 3. The summed E-state index contributed by atoms with van der Waals surface area (Å²) in [4.78, 5) is 4.00. The van der Waals surface area contributed by atoms with Gasteiger partial charge in [0.25, 0.3) is 0 Å². The SMILES string of the molecule is CC1(C)CC1C(N)Cc1ccncc1. The van der Waals surface area contributed by atoms with E-state index in [4.69, 9.17) is 5.73 Å². The molecule has 0 saturated heterocycles. The second-order valence-electron chi connectivity index (χ2n) is 5.02. The predicted octanol–water partition coefficient (Wildman–Crippen LogP) is 2.00. The van der Waals surface area contributed by atoms with Crippen LogP contribution in [0.3, 0.4) is 0 Å². The molecule has 0 bridgehead atoms. The molecule has 1 aromatic rings. The molecule has 2 N–H and O–H groups in total. The number of pyridine rings is 1. The molecule has 0 aromatic carbocycles. The Bertz CT molecular complexity index is 305.